The van der Waals surface area contributed by atoms with Crippen LogP contribution in [0.5, 0.6) is 0 Å². The summed E-state index contributed by atoms with van der Waals surface area (Å²) in [5.41, 5.74) is 2.58. The Hall–Kier alpha value is -0.830. The van der Waals surface area contributed by atoms with Crippen molar-refractivity contribution < 1.29 is 9.90 Å². The van der Waals surface area contributed by atoms with Crippen molar-refractivity contribution in [1.29, 1.82) is 0 Å². The lowest BCUT2D eigenvalue weighted by Gasteiger charge is -2.04. The highest BCUT2D eigenvalue weighted by Crippen LogP contribution is 2.61. The zero-order valence-electron chi connectivity index (χ0n) is 7.40. The number of carboxylic acids is 1. The molecule has 1 aromatic rings. The van der Waals surface area contributed by atoms with Gasteiger partial charge in [-0.15, -0.1) is 0 Å². The van der Waals surface area contributed by atoms with E-state index in [9.17, 15) is 4.79 Å². The van der Waals surface area contributed by atoms with E-state index in [-0.39, 0.29) is 5.92 Å². The molecule has 0 bridgehead atoms. The number of hydrogen-bond donors (Lipinski definition) is 1. The molecule has 0 amide bonds. The van der Waals surface area contributed by atoms with Crippen LogP contribution >= 0.6 is 15.9 Å². The van der Waals surface area contributed by atoms with E-state index in [1.165, 1.54) is 11.1 Å². The molecular weight excluding hydrogens is 244 g/mol. The maximum absolute atomic E-state index is 10.9. The van der Waals surface area contributed by atoms with Gasteiger partial charge in [0.2, 0.25) is 0 Å². The molecule has 3 heteroatoms. The number of fused-ring (bicyclic) bond motifs is 3. The Labute approximate surface area is 90.1 Å². The van der Waals surface area contributed by atoms with Crippen molar-refractivity contribution in [1.82, 2.24) is 0 Å². The maximum atomic E-state index is 10.9. The second-order valence-electron chi connectivity index (χ2n) is 4.10. The first-order chi connectivity index (χ1) is 6.68. The molecule has 0 radical (unpaired) electrons. The predicted octanol–water partition coefficient (Wildman–Crippen LogP) is 2.42. The van der Waals surface area contributed by atoms with E-state index in [0.29, 0.717) is 11.8 Å². The molecule has 0 heterocycles. The van der Waals surface area contributed by atoms with Gasteiger partial charge in [0.25, 0.3) is 0 Å². The molecule has 3 rings (SSSR count). The fourth-order valence-corrected chi connectivity index (χ4v) is 3.08. The minimum atomic E-state index is -0.634. The zero-order chi connectivity index (χ0) is 9.87. The lowest BCUT2D eigenvalue weighted by atomic mass is 10.0. The molecule has 2 aliphatic carbocycles. The van der Waals surface area contributed by atoms with Crippen LogP contribution in [-0.2, 0) is 11.2 Å². The minimum Gasteiger partial charge on any atom is -0.481 e. The summed E-state index contributed by atoms with van der Waals surface area (Å²) in [7, 11) is 0. The van der Waals surface area contributed by atoms with Crippen LogP contribution in [0.25, 0.3) is 0 Å². The van der Waals surface area contributed by atoms with Crippen LogP contribution in [0.3, 0.4) is 0 Å². The van der Waals surface area contributed by atoms with Crippen molar-refractivity contribution in [3.8, 4) is 0 Å². The van der Waals surface area contributed by atoms with Crippen LogP contribution in [-0.4, -0.2) is 11.1 Å². The molecule has 1 saturated carbocycles. The van der Waals surface area contributed by atoms with Crippen LogP contribution < -0.4 is 0 Å². The Morgan fingerprint density at radius 2 is 2.29 bits per heavy atom. The number of aliphatic carboxylic acids is 1. The van der Waals surface area contributed by atoms with E-state index in [2.05, 4.69) is 28.1 Å². The SMILES string of the molecule is O=C(O)[C@@H]1[C@@H]2Cc3ccc(Br)cc3[C@H]21. The van der Waals surface area contributed by atoms with E-state index >= 15 is 0 Å². The van der Waals surface area contributed by atoms with Gasteiger partial charge in [0.1, 0.15) is 0 Å². The van der Waals surface area contributed by atoms with Gasteiger partial charge >= 0.3 is 5.97 Å². The Bertz CT molecular complexity index is 427. The zero-order valence-corrected chi connectivity index (χ0v) is 8.99. The highest BCUT2D eigenvalue weighted by Gasteiger charge is 2.59. The highest BCUT2D eigenvalue weighted by atomic mass is 79.9. The summed E-state index contributed by atoms with van der Waals surface area (Å²) in [6.07, 6.45) is 0.949. The van der Waals surface area contributed by atoms with Gasteiger partial charge in [0.05, 0.1) is 5.92 Å². The van der Waals surface area contributed by atoms with Crippen molar-refractivity contribution in [2.45, 2.75) is 12.3 Å². The average molecular weight is 253 g/mol. The van der Waals surface area contributed by atoms with Gasteiger partial charge < -0.3 is 5.11 Å². The Morgan fingerprint density at radius 1 is 1.50 bits per heavy atom. The lowest BCUT2D eigenvalue weighted by Crippen LogP contribution is -2.04. The predicted molar refractivity (Wildman–Crippen MR) is 55.2 cm³/mol. The normalized spacial score (nSPS) is 32.2. The Kier molecular flexibility index (Phi) is 1.57. The summed E-state index contributed by atoms with van der Waals surface area (Å²) in [6, 6.07) is 6.20. The fourth-order valence-electron chi connectivity index (χ4n) is 2.70. The van der Waals surface area contributed by atoms with Gasteiger partial charge in [0, 0.05) is 10.4 Å². The molecule has 0 unspecified atom stereocenters. The van der Waals surface area contributed by atoms with E-state index in [0.717, 1.165) is 10.9 Å². The van der Waals surface area contributed by atoms with Gasteiger partial charge in [-0.25, -0.2) is 0 Å². The van der Waals surface area contributed by atoms with E-state index in [4.69, 9.17) is 5.11 Å². The van der Waals surface area contributed by atoms with Crippen molar-refractivity contribution in [3.05, 3.63) is 33.8 Å². The second kappa shape index (κ2) is 2.60. The summed E-state index contributed by atoms with van der Waals surface area (Å²) in [5.74, 6) is -0.0841. The Balaban J connectivity index is 2.01. The molecule has 72 valence electrons. The highest BCUT2D eigenvalue weighted by molar-refractivity contribution is 9.10. The monoisotopic (exact) mass is 252 g/mol. The molecule has 0 spiro atoms. The summed E-state index contributed by atoms with van der Waals surface area (Å²) >= 11 is 3.42. The largest absolute Gasteiger partial charge is 0.481 e. The first-order valence-electron chi connectivity index (χ1n) is 4.69. The van der Waals surface area contributed by atoms with Crippen LogP contribution in [0.4, 0.5) is 0 Å². The van der Waals surface area contributed by atoms with Crippen LogP contribution in [0.2, 0.25) is 0 Å². The second-order valence-corrected chi connectivity index (χ2v) is 5.02. The number of carboxylic acid groups (broad SMARTS) is 1. The average Bonchev–Trinajstić information content (AvgIpc) is 2.73. The summed E-state index contributed by atoms with van der Waals surface area (Å²) in [4.78, 5) is 10.9. The molecule has 0 aromatic heterocycles. The number of carbonyl (C=O) groups is 1. The van der Waals surface area contributed by atoms with Gasteiger partial charge in [-0.3, -0.25) is 4.79 Å². The summed E-state index contributed by atoms with van der Waals surface area (Å²) in [6.45, 7) is 0. The molecule has 1 N–H and O–H groups in total. The number of halogens is 1. The minimum absolute atomic E-state index is 0.114. The number of rotatable bonds is 1. The molecule has 2 aliphatic rings. The van der Waals surface area contributed by atoms with Crippen molar-refractivity contribution in [2.24, 2.45) is 11.8 Å². The number of hydrogen-bond acceptors (Lipinski definition) is 1. The summed E-state index contributed by atoms with van der Waals surface area (Å²) in [5, 5.41) is 8.94. The maximum Gasteiger partial charge on any atom is 0.307 e. The molecule has 1 aromatic carbocycles. The molecule has 14 heavy (non-hydrogen) atoms. The third-order valence-electron chi connectivity index (χ3n) is 3.38. The standard InChI is InChI=1S/C11H9BrO2/c12-6-2-1-5-3-8-9(7(5)4-6)10(8)11(13)14/h1-2,4,8-10H,3H2,(H,13,14)/t8-,9-,10-/m1/s1. The summed E-state index contributed by atoms with van der Waals surface area (Å²) < 4.78 is 1.05. The molecular formula is C11H9BrO2. The van der Waals surface area contributed by atoms with Gasteiger partial charge in [-0.05, 0) is 35.6 Å². The lowest BCUT2D eigenvalue weighted by molar-refractivity contribution is -0.139. The first kappa shape index (κ1) is 8.48. The molecule has 3 atom stereocenters. The third-order valence-corrected chi connectivity index (χ3v) is 3.87. The molecule has 2 nitrogen and oxygen atoms in total. The van der Waals surface area contributed by atoms with Gasteiger partial charge in [-0.2, -0.15) is 0 Å². The van der Waals surface area contributed by atoms with Gasteiger partial charge in [0.15, 0.2) is 0 Å². The molecule has 0 saturated heterocycles. The van der Waals surface area contributed by atoms with Gasteiger partial charge in [-0.1, -0.05) is 22.0 Å². The van der Waals surface area contributed by atoms with Crippen molar-refractivity contribution in [2.75, 3.05) is 0 Å². The third kappa shape index (κ3) is 0.989. The van der Waals surface area contributed by atoms with Crippen molar-refractivity contribution in [3.63, 3.8) is 0 Å². The molecule has 0 aliphatic heterocycles. The smallest absolute Gasteiger partial charge is 0.307 e. The molecule has 1 fully saturated rings. The van der Waals surface area contributed by atoms with E-state index in [1.54, 1.807) is 0 Å². The fraction of sp³-hybridized carbons (Fsp3) is 0.364. The topological polar surface area (TPSA) is 37.3 Å². The van der Waals surface area contributed by atoms with Crippen LogP contribution in [0, 0.1) is 11.8 Å². The van der Waals surface area contributed by atoms with Crippen LogP contribution in [0.15, 0.2) is 22.7 Å². The number of benzene rings is 1. The van der Waals surface area contributed by atoms with Crippen LogP contribution in [0.1, 0.15) is 17.0 Å². The van der Waals surface area contributed by atoms with E-state index in [1.807, 2.05) is 6.07 Å². The Morgan fingerprint density at radius 3 is 3.00 bits per heavy atom. The first-order valence-corrected chi connectivity index (χ1v) is 5.49. The quantitative estimate of drug-likeness (QED) is 0.834. The van der Waals surface area contributed by atoms with Crippen molar-refractivity contribution >= 4 is 21.9 Å². The van der Waals surface area contributed by atoms with E-state index < -0.39 is 5.97 Å².